The van der Waals surface area contributed by atoms with E-state index < -0.39 is 0 Å². The van der Waals surface area contributed by atoms with Gasteiger partial charge in [0.1, 0.15) is 0 Å². The molecule has 1 aromatic heterocycles. The van der Waals surface area contributed by atoms with Crippen LogP contribution in [0, 0.1) is 5.92 Å². The zero-order chi connectivity index (χ0) is 13.2. The Balaban J connectivity index is 1.68. The minimum absolute atomic E-state index is 0.285. The van der Waals surface area contributed by atoms with E-state index in [1.165, 1.54) is 38.5 Å². The highest BCUT2D eigenvalue weighted by Gasteiger charge is 2.34. The van der Waals surface area contributed by atoms with Gasteiger partial charge in [-0.25, -0.2) is 0 Å². The van der Waals surface area contributed by atoms with Gasteiger partial charge in [-0.15, -0.1) is 11.3 Å². The predicted molar refractivity (Wildman–Crippen MR) is 82.9 cm³/mol. The summed E-state index contributed by atoms with van der Waals surface area (Å²) in [7, 11) is 0. The number of fused-ring (bicyclic) bond motifs is 1. The van der Waals surface area contributed by atoms with E-state index in [0.717, 1.165) is 21.8 Å². The maximum atomic E-state index is 12.4. The Kier molecular flexibility index (Phi) is 4.40. The van der Waals surface area contributed by atoms with E-state index >= 15 is 0 Å². The van der Waals surface area contributed by atoms with Crippen LogP contribution in [0.3, 0.4) is 0 Å². The van der Waals surface area contributed by atoms with Crippen LogP contribution in [0.4, 0.5) is 0 Å². The number of carbonyl (C=O) groups is 1. The van der Waals surface area contributed by atoms with Gasteiger partial charge in [0.25, 0.3) is 0 Å². The maximum absolute atomic E-state index is 12.4. The summed E-state index contributed by atoms with van der Waals surface area (Å²) in [6.45, 7) is 1.72. The highest BCUT2D eigenvalue weighted by Crippen LogP contribution is 2.35. The number of hydrogen-bond acceptors (Lipinski definition) is 3. The molecule has 2 aliphatic rings. The molecule has 4 heteroatoms. The second-order valence-electron chi connectivity index (χ2n) is 5.75. The van der Waals surface area contributed by atoms with Gasteiger partial charge in [-0.05, 0) is 65.5 Å². The van der Waals surface area contributed by atoms with Gasteiger partial charge in [-0.1, -0.05) is 12.8 Å². The van der Waals surface area contributed by atoms with Crippen LogP contribution >= 0.6 is 27.3 Å². The van der Waals surface area contributed by atoms with Gasteiger partial charge in [0, 0.05) is 10.5 Å². The number of likely N-dealkylation sites (tertiary alicyclic amines) is 1. The van der Waals surface area contributed by atoms with E-state index in [1.54, 1.807) is 11.3 Å². The molecule has 0 amide bonds. The molecule has 1 aliphatic carbocycles. The summed E-state index contributed by atoms with van der Waals surface area (Å²) >= 11 is 5.02. The Morgan fingerprint density at radius 1 is 1.32 bits per heavy atom. The monoisotopic (exact) mass is 341 g/mol. The summed E-state index contributed by atoms with van der Waals surface area (Å²) in [4.78, 5) is 15.8. The summed E-state index contributed by atoms with van der Waals surface area (Å²) < 4.78 is 0.958. The van der Waals surface area contributed by atoms with Crippen molar-refractivity contribution in [1.29, 1.82) is 0 Å². The van der Waals surface area contributed by atoms with Gasteiger partial charge < -0.3 is 0 Å². The average molecular weight is 342 g/mol. The maximum Gasteiger partial charge on any atom is 0.187 e. The summed E-state index contributed by atoms with van der Waals surface area (Å²) in [6, 6.07) is 2.64. The number of carbonyl (C=O) groups excluding carboxylic acids is 1. The van der Waals surface area contributed by atoms with Crippen LogP contribution in [0.15, 0.2) is 15.9 Å². The fourth-order valence-electron chi connectivity index (χ4n) is 3.67. The Hall–Kier alpha value is -0.190. The first-order valence-corrected chi connectivity index (χ1v) is 8.93. The normalized spacial score (nSPS) is 28.1. The summed E-state index contributed by atoms with van der Waals surface area (Å²) in [5.41, 5.74) is 0. The van der Waals surface area contributed by atoms with Crippen molar-refractivity contribution in [3.05, 3.63) is 20.8 Å². The van der Waals surface area contributed by atoms with Gasteiger partial charge in [-0.3, -0.25) is 9.69 Å². The molecule has 0 aromatic carbocycles. The second-order valence-corrected chi connectivity index (χ2v) is 7.52. The van der Waals surface area contributed by atoms with Crippen molar-refractivity contribution < 1.29 is 4.79 Å². The average Bonchev–Trinajstić information content (AvgIpc) is 2.85. The van der Waals surface area contributed by atoms with Crippen LogP contribution < -0.4 is 0 Å². The Morgan fingerprint density at radius 3 is 2.89 bits per heavy atom. The van der Waals surface area contributed by atoms with Crippen LogP contribution in [0.5, 0.6) is 0 Å². The van der Waals surface area contributed by atoms with Crippen LogP contribution in [-0.2, 0) is 0 Å². The molecule has 2 atom stereocenters. The third kappa shape index (κ3) is 2.96. The standard InChI is InChI=1S/C15H20BrNOS/c16-12-7-9-19-15(12)14(18)10-17-8-3-5-11-4-1-2-6-13(11)17/h7,9,11,13H,1-6,8,10H2. The molecule has 2 heterocycles. The lowest BCUT2D eigenvalue weighted by Crippen LogP contribution is -2.48. The molecule has 0 bridgehead atoms. The molecular formula is C15H20BrNOS. The number of piperidine rings is 1. The summed E-state index contributed by atoms with van der Waals surface area (Å²) in [5, 5.41) is 1.98. The molecule has 3 rings (SSSR count). The fraction of sp³-hybridized carbons (Fsp3) is 0.667. The van der Waals surface area contributed by atoms with E-state index in [4.69, 9.17) is 0 Å². The van der Waals surface area contributed by atoms with E-state index in [0.29, 0.717) is 12.6 Å². The number of Topliss-reactive ketones (excluding diaryl/α,β-unsaturated/α-hetero) is 1. The summed E-state index contributed by atoms with van der Waals surface area (Å²) in [5.74, 6) is 1.13. The van der Waals surface area contributed by atoms with E-state index in [2.05, 4.69) is 20.8 Å². The lowest BCUT2D eigenvalue weighted by atomic mass is 9.78. The Bertz CT molecular complexity index is 457. The molecule has 0 spiro atoms. The van der Waals surface area contributed by atoms with Crippen LogP contribution in [0.2, 0.25) is 0 Å². The van der Waals surface area contributed by atoms with Gasteiger partial charge in [0.05, 0.1) is 11.4 Å². The quantitative estimate of drug-likeness (QED) is 0.761. The largest absolute Gasteiger partial charge is 0.293 e. The van der Waals surface area contributed by atoms with Crippen LogP contribution in [0.25, 0.3) is 0 Å². The zero-order valence-corrected chi connectivity index (χ0v) is 13.5. The van der Waals surface area contributed by atoms with Crippen molar-refractivity contribution in [3.63, 3.8) is 0 Å². The van der Waals surface area contributed by atoms with Gasteiger partial charge in [-0.2, -0.15) is 0 Å². The highest BCUT2D eigenvalue weighted by molar-refractivity contribution is 9.10. The number of rotatable bonds is 3. The van der Waals surface area contributed by atoms with Crippen molar-refractivity contribution in [1.82, 2.24) is 4.90 Å². The number of hydrogen-bond donors (Lipinski definition) is 0. The molecule has 104 valence electrons. The zero-order valence-electron chi connectivity index (χ0n) is 11.1. The highest BCUT2D eigenvalue weighted by atomic mass is 79.9. The SMILES string of the molecule is O=C(CN1CCCC2CCCCC21)c1sccc1Br. The molecule has 19 heavy (non-hydrogen) atoms. The molecule has 1 saturated heterocycles. The first-order chi connectivity index (χ1) is 9.25. The third-order valence-electron chi connectivity index (χ3n) is 4.58. The van der Waals surface area contributed by atoms with Crippen molar-refractivity contribution >= 4 is 33.0 Å². The number of thiophene rings is 1. The second kappa shape index (κ2) is 6.06. The lowest BCUT2D eigenvalue weighted by molar-refractivity contribution is 0.0541. The number of ketones is 1. The van der Waals surface area contributed by atoms with E-state index in [9.17, 15) is 4.79 Å². The van der Waals surface area contributed by atoms with Crippen molar-refractivity contribution in [2.24, 2.45) is 5.92 Å². The predicted octanol–water partition coefficient (Wildman–Crippen LogP) is 4.35. The number of nitrogens with zero attached hydrogens (tertiary/aromatic N) is 1. The third-order valence-corrected chi connectivity index (χ3v) is 6.45. The smallest absolute Gasteiger partial charge is 0.187 e. The van der Waals surface area contributed by atoms with Crippen molar-refractivity contribution in [3.8, 4) is 0 Å². The molecule has 2 fully saturated rings. The Labute approximate surface area is 127 Å². The molecule has 0 N–H and O–H groups in total. The van der Waals surface area contributed by atoms with Gasteiger partial charge >= 0.3 is 0 Å². The number of halogens is 1. The molecular weight excluding hydrogens is 322 g/mol. The van der Waals surface area contributed by atoms with Gasteiger partial charge in [0.15, 0.2) is 5.78 Å². The molecule has 2 nitrogen and oxygen atoms in total. The molecule has 0 radical (unpaired) electrons. The van der Waals surface area contributed by atoms with Crippen molar-refractivity contribution in [2.45, 2.75) is 44.6 Å². The molecule has 2 unspecified atom stereocenters. The van der Waals surface area contributed by atoms with Crippen LogP contribution in [0.1, 0.15) is 48.2 Å². The van der Waals surface area contributed by atoms with Crippen molar-refractivity contribution in [2.75, 3.05) is 13.1 Å². The Morgan fingerprint density at radius 2 is 2.11 bits per heavy atom. The summed E-state index contributed by atoms with van der Waals surface area (Å²) in [6.07, 6.45) is 8.04. The first-order valence-electron chi connectivity index (χ1n) is 7.26. The van der Waals surface area contributed by atoms with Crippen LogP contribution in [-0.4, -0.2) is 29.8 Å². The topological polar surface area (TPSA) is 20.3 Å². The minimum atomic E-state index is 0.285. The fourth-order valence-corrected chi connectivity index (χ4v) is 5.20. The van der Waals surface area contributed by atoms with Gasteiger partial charge in [0.2, 0.25) is 0 Å². The molecule has 1 saturated carbocycles. The molecule has 1 aliphatic heterocycles. The minimum Gasteiger partial charge on any atom is -0.293 e. The van der Waals surface area contributed by atoms with E-state index in [-0.39, 0.29) is 5.78 Å². The first kappa shape index (κ1) is 13.8. The van der Waals surface area contributed by atoms with E-state index in [1.807, 2.05) is 11.4 Å². The molecule has 1 aromatic rings. The lowest BCUT2D eigenvalue weighted by Gasteiger charge is -2.43.